The Hall–Kier alpha value is -2.38. The maximum Gasteiger partial charge on any atom is 0.182 e. The first-order valence-corrected chi connectivity index (χ1v) is 7.39. The third-order valence-corrected chi connectivity index (χ3v) is 3.88. The van der Waals surface area contributed by atoms with Gasteiger partial charge in [-0.15, -0.1) is 0 Å². The van der Waals surface area contributed by atoms with Crippen molar-refractivity contribution in [2.24, 2.45) is 0 Å². The molecule has 1 aromatic heterocycles. The average Bonchev–Trinajstić information content (AvgIpc) is 2.84. The Morgan fingerprint density at radius 3 is 2.76 bits per heavy atom. The van der Waals surface area contributed by atoms with E-state index in [1.54, 1.807) is 6.07 Å². The van der Waals surface area contributed by atoms with E-state index in [2.05, 4.69) is 30.1 Å². The van der Waals surface area contributed by atoms with Gasteiger partial charge in [-0.1, -0.05) is 37.6 Å². The van der Waals surface area contributed by atoms with E-state index in [0.29, 0.717) is 10.3 Å². The minimum atomic E-state index is 0.616. The number of rotatable bonds is 3. The van der Waals surface area contributed by atoms with Crippen molar-refractivity contribution in [1.29, 1.82) is 5.26 Å². The second-order valence-electron chi connectivity index (χ2n) is 4.96. The molecule has 0 unspecified atom stereocenters. The Labute approximate surface area is 128 Å². The normalized spacial score (nSPS) is 10.7. The number of aromatic amines is 1. The zero-order valence-corrected chi connectivity index (χ0v) is 12.6. The topological polar surface area (TPSA) is 44.5 Å². The molecule has 0 aliphatic heterocycles. The van der Waals surface area contributed by atoms with E-state index in [-0.39, 0.29) is 0 Å². The van der Waals surface area contributed by atoms with Crippen LogP contribution in [0.5, 0.6) is 0 Å². The summed E-state index contributed by atoms with van der Waals surface area (Å²) in [6.45, 7) is 2.17. The van der Waals surface area contributed by atoms with Crippen LogP contribution in [0.2, 0.25) is 0 Å². The number of hydrogen-bond donors (Lipinski definition) is 1. The van der Waals surface area contributed by atoms with Gasteiger partial charge in [-0.2, -0.15) is 5.26 Å². The van der Waals surface area contributed by atoms with Gasteiger partial charge in [0.1, 0.15) is 6.07 Å². The first-order valence-electron chi connectivity index (χ1n) is 6.98. The zero-order chi connectivity index (χ0) is 14.8. The summed E-state index contributed by atoms with van der Waals surface area (Å²) in [5, 5.41) is 9.23. The van der Waals surface area contributed by atoms with Crippen LogP contribution >= 0.6 is 12.2 Å². The fourth-order valence-corrected chi connectivity index (χ4v) is 2.97. The third kappa shape index (κ3) is 2.26. The highest BCUT2D eigenvalue weighted by atomic mass is 32.1. The molecule has 21 heavy (non-hydrogen) atoms. The number of imidazole rings is 1. The van der Waals surface area contributed by atoms with E-state index < -0.39 is 0 Å². The first kappa shape index (κ1) is 13.6. The van der Waals surface area contributed by atoms with Crippen LogP contribution in [0.15, 0.2) is 42.5 Å². The van der Waals surface area contributed by atoms with Gasteiger partial charge in [0.05, 0.1) is 22.3 Å². The number of H-pyrrole nitrogens is 1. The van der Waals surface area contributed by atoms with Gasteiger partial charge in [-0.3, -0.25) is 4.57 Å². The van der Waals surface area contributed by atoms with E-state index in [1.807, 2.05) is 28.8 Å². The zero-order valence-electron chi connectivity index (χ0n) is 11.8. The average molecular weight is 293 g/mol. The van der Waals surface area contributed by atoms with E-state index >= 15 is 0 Å². The summed E-state index contributed by atoms with van der Waals surface area (Å²) in [7, 11) is 0. The van der Waals surface area contributed by atoms with Crippen LogP contribution in [-0.4, -0.2) is 9.55 Å². The summed E-state index contributed by atoms with van der Waals surface area (Å²) in [6, 6.07) is 16.2. The number of hydrogen-bond acceptors (Lipinski definition) is 2. The number of benzene rings is 2. The number of nitriles is 1. The van der Waals surface area contributed by atoms with E-state index in [4.69, 9.17) is 12.2 Å². The van der Waals surface area contributed by atoms with Gasteiger partial charge < -0.3 is 4.98 Å². The molecule has 0 aliphatic carbocycles. The summed E-state index contributed by atoms with van der Waals surface area (Å²) >= 11 is 5.48. The Kier molecular flexibility index (Phi) is 3.59. The Bertz CT molecular complexity index is 896. The van der Waals surface area contributed by atoms with Crippen LogP contribution in [-0.2, 0) is 6.42 Å². The molecule has 0 bridgehead atoms. The van der Waals surface area contributed by atoms with Crippen LogP contribution in [0, 0.1) is 16.1 Å². The van der Waals surface area contributed by atoms with Gasteiger partial charge in [0.15, 0.2) is 4.77 Å². The standard InChI is InChI=1S/C17H15N3S/c1-2-6-12-7-3-4-9-14(12)20-15-10-5-8-13(11-18)16(15)19-17(20)21/h3-5,7-10H,2,6H2,1H3,(H,19,21). The van der Waals surface area contributed by atoms with Crippen molar-refractivity contribution in [3.63, 3.8) is 0 Å². The second-order valence-corrected chi connectivity index (χ2v) is 5.34. The molecular formula is C17H15N3S. The fraction of sp³-hybridized carbons (Fsp3) is 0.176. The molecule has 4 heteroatoms. The molecule has 104 valence electrons. The summed E-state index contributed by atoms with van der Waals surface area (Å²) in [5.74, 6) is 0. The molecule has 3 nitrogen and oxygen atoms in total. The highest BCUT2D eigenvalue weighted by Gasteiger charge is 2.11. The molecular weight excluding hydrogens is 278 g/mol. The van der Waals surface area contributed by atoms with Gasteiger partial charge in [0, 0.05) is 0 Å². The van der Waals surface area contributed by atoms with E-state index in [0.717, 1.165) is 29.6 Å². The fourth-order valence-electron chi connectivity index (χ4n) is 2.67. The molecule has 0 amide bonds. The molecule has 3 rings (SSSR count). The van der Waals surface area contributed by atoms with Crippen LogP contribution in [0.1, 0.15) is 24.5 Å². The molecule has 0 fully saturated rings. The Morgan fingerprint density at radius 1 is 1.19 bits per heavy atom. The highest BCUT2D eigenvalue weighted by molar-refractivity contribution is 7.71. The van der Waals surface area contributed by atoms with Crippen LogP contribution in [0.25, 0.3) is 16.7 Å². The molecule has 3 aromatic rings. The molecule has 0 radical (unpaired) electrons. The van der Waals surface area contributed by atoms with Crippen molar-refractivity contribution in [2.75, 3.05) is 0 Å². The number of nitrogens with one attached hydrogen (secondary N) is 1. The first-order chi connectivity index (χ1) is 10.3. The molecule has 2 aromatic carbocycles. The van der Waals surface area contributed by atoms with Crippen molar-refractivity contribution in [1.82, 2.24) is 9.55 Å². The molecule has 1 heterocycles. The highest BCUT2D eigenvalue weighted by Crippen LogP contribution is 2.24. The van der Waals surface area contributed by atoms with Gasteiger partial charge >= 0.3 is 0 Å². The van der Waals surface area contributed by atoms with E-state index in [9.17, 15) is 5.26 Å². The van der Waals surface area contributed by atoms with Crippen molar-refractivity contribution >= 4 is 23.3 Å². The lowest BCUT2D eigenvalue weighted by Gasteiger charge is -2.10. The predicted octanol–water partition coefficient (Wildman–Crippen LogP) is 4.51. The number of nitrogens with zero attached hydrogens (tertiary/aromatic N) is 2. The molecule has 0 saturated heterocycles. The Morgan fingerprint density at radius 2 is 2.00 bits per heavy atom. The monoisotopic (exact) mass is 293 g/mol. The van der Waals surface area contributed by atoms with Crippen LogP contribution in [0.4, 0.5) is 0 Å². The summed E-state index contributed by atoms with van der Waals surface area (Å²) in [4.78, 5) is 3.17. The molecule has 1 N–H and O–H groups in total. The van der Waals surface area contributed by atoms with Crippen molar-refractivity contribution < 1.29 is 0 Å². The predicted molar refractivity (Wildman–Crippen MR) is 87.2 cm³/mol. The maximum absolute atomic E-state index is 9.23. The number of aryl methyl sites for hydroxylation is 1. The largest absolute Gasteiger partial charge is 0.329 e. The van der Waals surface area contributed by atoms with Crippen molar-refractivity contribution in [3.8, 4) is 11.8 Å². The smallest absolute Gasteiger partial charge is 0.182 e. The molecule has 0 aliphatic rings. The number of para-hydroxylation sites is 2. The Balaban J connectivity index is 2.34. The minimum Gasteiger partial charge on any atom is -0.329 e. The van der Waals surface area contributed by atoms with Crippen molar-refractivity contribution in [3.05, 3.63) is 58.4 Å². The lowest BCUT2D eigenvalue weighted by molar-refractivity contribution is 0.900. The van der Waals surface area contributed by atoms with Crippen LogP contribution in [0.3, 0.4) is 0 Å². The summed E-state index contributed by atoms with van der Waals surface area (Å²) < 4.78 is 2.65. The molecule has 0 atom stereocenters. The summed E-state index contributed by atoms with van der Waals surface area (Å²) in [5.41, 5.74) is 4.72. The van der Waals surface area contributed by atoms with Crippen molar-refractivity contribution in [2.45, 2.75) is 19.8 Å². The number of aromatic nitrogens is 2. The minimum absolute atomic E-state index is 0.616. The quantitative estimate of drug-likeness (QED) is 0.722. The van der Waals surface area contributed by atoms with E-state index in [1.165, 1.54) is 5.56 Å². The lowest BCUT2D eigenvalue weighted by atomic mass is 10.1. The molecule has 0 spiro atoms. The maximum atomic E-state index is 9.23. The lowest BCUT2D eigenvalue weighted by Crippen LogP contribution is -1.99. The van der Waals surface area contributed by atoms with Gasteiger partial charge in [0.2, 0.25) is 0 Å². The van der Waals surface area contributed by atoms with Gasteiger partial charge in [0.25, 0.3) is 0 Å². The third-order valence-electron chi connectivity index (χ3n) is 3.59. The molecule has 0 saturated carbocycles. The number of fused-ring (bicyclic) bond motifs is 1. The van der Waals surface area contributed by atoms with Crippen LogP contribution < -0.4 is 0 Å². The summed E-state index contributed by atoms with van der Waals surface area (Å²) in [6.07, 6.45) is 2.08. The van der Waals surface area contributed by atoms with Gasteiger partial charge in [-0.05, 0) is 42.4 Å². The van der Waals surface area contributed by atoms with Gasteiger partial charge in [-0.25, -0.2) is 0 Å². The SMILES string of the molecule is CCCc1ccccc1-n1c(=S)[nH]c2c(C#N)cccc21. The second kappa shape index (κ2) is 5.55.